The molecule has 0 saturated carbocycles. The number of hydrogen-bond donors (Lipinski definition) is 1. The summed E-state index contributed by atoms with van der Waals surface area (Å²) in [7, 11) is 1.59. The highest BCUT2D eigenvalue weighted by Crippen LogP contribution is 2.50. The quantitative estimate of drug-likeness (QED) is 0.315. The molecule has 0 aromatic heterocycles. The standard InChI is InChI=1S/C29H21BrN2O5/c1-33-26-10-18(9-22(30)28(26)34-14-17-7-4-6-16-5-2-3-8-19(16)17)27-20-11-24-25(36-15-35-24)12-23(20)37-29(32)21(27)13-31/h2-12,27H,14-15,32H2,1H3/t27-/m1/s1. The lowest BCUT2D eigenvalue weighted by Crippen LogP contribution is -2.21. The van der Waals surface area contributed by atoms with Gasteiger partial charge in [-0.15, -0.1) is 0 Å². The lowest BCUT2D eigenvalue weighted by Gasteiger charge is -2.27. The predicted molar refractivity (Wildman–Crippen MR) is 141 cm³/mol. The Balaban J connectivity index is 1.39. The molecular weight excluding hydrogens is 536 g/mol. The van der Waals surface area contributed by atoms with Crippen molar-refractivity contribution in [2.24, 2.45) is 5.73 Å². The average Bonchev–Trinajstić information content (AvgIpc) is 3.37. The Morgan fingerprint density at radius 2 is 1.81 bits per heavy atom. The highest BCUT2D eigenvalue weighted by molar-refractivity contribution is 9.10. The summed E-state index contributed by atoms with van der Waals surface area (Å²) in [5.41, 5.74) is 9.05. The first-order valence-corrected chi connectivity index (χ1v) is 12.3. The average molecular weight is 557 g/mol. The summed E-state index contributed by atoms with van der Waals surface area (Å²) >= 11 is 3.66. The molecule has 2 N–H and O–H groups in total. The number of fused-ring (bicyclic) bond motifs is 3. The highest BCUT2D eigenvalue weighted by Gasteiger charge is 2.34. The van der Waals surface area contributed by atoms with Crippen molar-refractivity contribution in [1.82, 2.24) is 0 Å². The van der Waals surface area contributed by atoms with Crippen LogP contribution in [0.2, 0.25) is 0 Å². The van der Waals surface area contributed by atoms with E-state index < -0.39 is 5.92 Å². The number of nitrogens with two attached hydrogens (primary N) is 1. The lowest BCUT2D eigenvalue weighted by molar-refractivity contribution is 0.174. The van der Waals surface area contributed by atoms with E-state index in [-0.39, 0.29) is 12.7 Å². The zero-order valence-corrected chi connectivity index (χ0v) is 21.4. The SMILES string of the molecule is COc1cc([C@H]2C(C#N)=C(N)Oc3cc4c(cc32)OCO4)cc(Br)c1OCc1cccc2ccccc12. The van der Waals surface area contributed by atoms with E-state index in [1.165, 1.54) is 0 Å². The molecule has 0 unspecified atom stereocenters. The fraction of sp³-hybridized carbons (Fsp3) is 0.138. The number of benzene rings is 4. The van der Waals surface area contributed by atoms with Gasteiger partial charge < -0.3 is 29.4 Å². The van der Waals surface area contributed by atoms with Crippen LogP contribution in [-0.4, -0.2) is 13.9 Å². The van der Waals surface area contributed by atoms with Crippen molar-refractivity contribution in [1.29, 1.82) is 5.26 Å². The van der Waals surface area contributed by atoms with E-state index in [2.05, 4.69) is 40.2 Å². The Labute approximate surface area is 221 Å². The van der Waals surface area contributed by atoms with Crippen LogP contribution >= 0.6 is 15.9 Å². The van der Waals surface area contributed by atoms with Crippen molar-refractivity contribution >= 4 is 26.7 Å². The van der Waals surface area contributed by atoms with Crippen LogP contribution in [0.4, 0.5) is 0 Å². The van der Waals surface area contributed by atoms with Crippen LogP contribution in [0.15, 0.2) is 82.7 Å². The Kier molecular flexibility index (Phi) is 5.78. The second-order valence-electron chi connectivity index (χ2n) is 8.63. The highest BCUT2D eigenvalue weighted by atomic mass is 79.9. The fourth-order valence-electron chi connectivity index (χ4n) is 4.80. The van der Waals surface area contributed by atoms with Crippen LogP contribution < -0.4 is 29.4 Å². The van der Waals surface area contributed by atoms with E-state index in [9.17, 15) is 5.26 Å². The van der Waals surface area contributed by atoms with Gasteiger partial charge in [-0.25, -0.2) is 0 Å². The summed E-state index contributed by atoms with van der Waals surface area (Å²) in [5.74, 6) is 2.30. The van der Waals surface area contributed by atoms with Crippen molar-refractivity contribution in [2.75, 3.05) is 13.9 Å². The van der Waals surface area contributed by atoms with Crippen LogP contribution in [0.3, 0.4) is 0 Å². The molecule has 0 saturated heterocycles. The molecule has 0 fully saturated rings. The number of halogens is 1. The number of methoxy groups -OCH3 is 1. The fourth-order valence-corrected chi connectivity index (χ4v) is 5.38. The Hall–Kier alpha value is -4.35. The van der Waals surface area contributed by atoms with Gasteiger partial charge in [-0.3, -0.25) is 0 Å². The van der Waals surface area contributed by atoms with E-state index in [0.717, 1.165) is 27.5 Å². The molecule has 6 rings (SSSR count). The van der Waals surface area contributed by atoms with Gasteiger partial charge in [0.1, 0.15) is 24.0 Å². The topological polar surface area (TPSA) is 96.0 Å². The summed E-state index contributed by atoms with van der Waals surface area (Å²) < 4.78 is 29.5. The molecule has 2 aliphatic rings. The summed E-state index contributed by atoms with van der Waals surface area (Å²) in [4.78, 5) is 0. The second kappa shape index (κ2) is 9.26. The Morgan fingerprint density at radius 3 is 2.62 bits per heavy atom. The molecule has 4 aromatic carbocycles. The summed E-state index contributed by atoms with van der Waals surface area (Å²) in [6.07, 6.45) is 0. The second-order valence-corrected chi connectivity index (χ2v) is 9.48. The first-order valence-electron chi connectivity index (χ1n) is 11.6. The maximum atomic E-state index is 9.97. The first kappa shape index (κ1) is 23.1. The van der Waals surface area contributed by atoms with Gasteiger partial charge in [0.15, 0.2) is 23.0 Å². The molecule has 8 heteroatoms. The molecule has 37 heavy (non-hydrogen) atoms. The molecule has 0 bridgehead atoms. The molecule has 2 aliphatic heterocycles. The molecule has 0 radical (unpaired) electrons. The first-order chi connectivity index (χ1) is 18.1. The zero-order chi connectivity index (χ0) is 25.5. The van der Waals surface area contributed by atoms with Crippen LogP contribution in [0.1, 0.15) is 22.6 Å². The minimum atomic E-state index is -0.499. The van der Waals surface area contributed by atoms with Gasteiger partial charge in [-0.2, -0.15) is 5.26 Å². The summed E-state index contributed by atoms with van der Waals surface area (Å²) in [6.45, 7) is 0.481. The van der Waals surface area contributed by atoms with Gasteiger partial charge in [0.2, 0.25) is 12.7 Å². The van der Waals surface area contributed by atoms with E-state index in [1.54, 1.807) is 13.2 Å². The molecule has 2 heterocycles. The number of rotatable bonds is 5. The van der Waals surface area contributed by atoms with Crippen molar-refractivity contribution in [3.8, 4) is 34.8 Å². The molecule has 7 nitrogen and oxygen atoms in total. The Morgan fingerprint density at radius 1 is 1.03 bits per heavy atom. The van der Waals surface area contributed by atoms with Gasteiger partial charge in [-0.05, 0) is 56.0 Å². The maximum Gasteiger partial charge on any atom is 0.231 e. The van der Waals surface area contributed by atoms with Crippen LogP contribution in [0, 0.1) is 11.3 Å². The largest absolute Gasteiger partial charge is 0.493 e. The van der Waals surface area contributed by atoms with E-state index in [0.29, 0.717) is 45.4 Å². The van der Waals surface area contributed by atoms with Gasteiger partial charge in [-0.1, -0.05) is 42.5 Å². The molecule has 1 atom stereocenters. The normalized spacial score (nSPS) is 15.6. The number of nitriles is 1. The minimum absolute atomic E-state index is 0.0465. The third-order valence-corrected chi connectivity index (χ3v) is 7.14. The minimum Gasteiger partial charge on any atom is -0.493 e. The third kappa shape index (κ3) is 3.98. The van der Waals surface area contributed by atoms with Gasteiger partial charge in [0.25, 0.3) is 0 Å². The monoisotopic (exact) mass is 556 g/mol. The number of hydrogen-bond acceptors (Lipinski definition) is 7. The van der Waals surface area contributed by atoms with Crippen molar-refractivity contribution in [2.45, 2.75) is 12.5 Å². The third-order valence-electron chi connectivity index (χ3n) is 6.55. The van der Waals surface area contributed by atoms with E-state index in [4.69, 9.17) is 29.4 Å². The van der Waals surface area contributed by atoms with Crippen LogP contribution in [0.5, 0.6) is 28.7 Å². The van der Waals surface area contributed by atoms with E-state index in [1.807, 2.05) is 42.5 Å². The maximum absolute atomic E-state index is 9.97. The lowest BCUT2D eigenvalue weighted by atomic mass is 9.83. The van der Waals surface area contributed by atoms with Crippen molar-refractivity contribution in [3.63, 3.8) is 0 Å². The van der Waals surface area contributed by atoms with Gasteiger partial charge in [0, 0.05) is 11.6 Å². The predicted octanol–water partition coefficient (Wildman–Crippen LogP) is 6.14. The number of allylic oxidation sites excluding steroid dienone is 1. The van der Waals surface area contributed by atoms with Crippen LogP contribution in [0.25, 0.3) is 10.8 Å². The molecule has 0 spiro atoms. The van der Waals surface area contributed by atoms with Crippen LogP contribution in [-0.2, 0) is 6.61 Å². The van der Waals surface area contributed by atoms with E-state index >= 15 is 0 Å². The Bertz CT molecular complexity index is 1620. The molecule has 184 valence electrons. The summed E-state index contributed by atoms with van der Waals surface area (Å²) in [5, 5.41) is 12.3. The molecule has 0 aliphatic carbocycles. The molecular formula is C29H21BrN2O5. The van der Waals surface area contributed by atoms with Crippen molar-refractivity contribution < 1.29 is 23.7 Å². The summed E-state index contributed by atoms with van der Waals surface area (Å²) in [6, 6.07) is 23.9. The zero-order valence-electron chi connectivity index (χ0n) is 19.8. The smallest absolute Gasteiger partial charge is 0.231 e. The molecule has 0 amide bonds. The van der Waals surface area contributed by atoms with Gasteiger partial charge >= 0.3 is 0 Å². The van der Waals surface area contributed by atoms with Gasteiger partial charge in [0.05, 0.1) is 17.5 Å². The van der Waals surface area contributed by atoms with Crippen molar-refractivity contribution in [3.05, 3.63) is 99.3 Å². The number of nitrogens with zero attached hydrogens (tertiary/aromatic N) is 1. The molecule has 4 aromatic rings. The number of ether oxygens (including phenoxy) is 5.